The van der Waals surface area contributed by atoms with Gasteiger partial charge >= 0.3 is 6.61 Å². The predicted octanol–water partition coefficient (Wildman–Crippen LogP) is 4.65. The summed E-state index contributed by atoms with van der Waals surface area (Å²) in [6, 6.07) is 12.1. The Morgan fingerprint density at radius 1 is 1.17 bits per heavy atom. The third-order valence-electron chi connectivity index (χ3n) is 4.70. The number of benzene rings is 2. The SMILES string of the molecule is CCc1nc2ccccc2c(C(=O)NCc2ccc(OC(F)F)c(OC)c2)c1C. The zero-order valence-electron chi connectivity index (χ0n) is 16.5. The summed E-state index contributed by atoms with van der Waals surface area (Å²) in [7, 11) is 1.37. The molecule has 1 N–H and O–H groups in total. The molecule has 1 aromatic heterocycles. The summed E-state index contributed by atoms with van der Waals surface area (Å²) in [5.41, 5.74) is 3.79. The fourth-order valence-electron chi connectivity index (χ4n) is 3.28. The fourth-order valence-corrected chi connectivity index (χ4v) is 3.28. The Labute approximate surface area is 167 Å². The lowest BCUT2D eigenvalue weighted by Gasteiger charge is -2.15. The molecule has 0 atom stereocenters. The summed E-state index contributed by atoms with van der Waals surface area (Å²) in [6.45, 7) is 1.17. The molecule has 7 heteroatoms. The third kappa shape index (κ3) is 4.45. The van der Waals surface area contributed by atoms with Gasteiger partial charge in [0.15, 0.2) is 11.5 Å². The predicted molar refractivity (Wildman–Crippen MR) is 107 cm³/mol. The van der Waals surface area contributed by atoms with Gasteiger partial charge < -0.3 is 14.8 Å². The topological polar surface area (TPSA) is 60.5 Å². The number of methoxy groups -OCH3 is 1. The maximum Gasteiger partial charge on any atom is 0.387 e. The highest BCUT2D eigenvalue weighted by Crippen LogP contribution is 2.29. The van der Waals surface area contributed by atoms with E-state index in [0.717, 1.165) is 28.6 Å². The average molecular weight is 400 g/mol. The van der Waals surface area contributed by atoms with Crippen molar-refractivity contribution >= 4 is 16.8 Å². The molecule has 29 heavy (non-hydrogen) atoms. The molecule has 0 saturated carbocycles. The number of ether oxygens (including phenoxy) is 2. The third-order valence-corrected chi connectivity index (χ3v) is 4.70. The van der Waals surface area contributed by atoms with Crippen LogP contribution in [-0.2, 0) is 13.0 Å². The summed E-state index contributed by atoms with van der Waals surface area (Å²) in [4.78, 5) is 17.6. The van der Waals surface area contributed by atoms with Crippen molar-refractivity contribution in [3.05, 3.63) is 64.8 Å². The van der Waals surface area contributed by atoms with Crippen LogP contribution in [0.5, 0.6) is 11.5 Å². The number of aromatic nitrogens is 1. The number of pyridine rings is 1. The number of hydrogen-bond donors (Lipinski definition) is 1. The number of nitrogens with zero attached hydrogens (tertiary/aromatic N) is 1. The number of halogens is 2. The number of alkyl halides is 2. The second kappa shape index (κ2) is 8.86. The van der Waals surface area contributed by atoms with E-state index < -0.39 is 6.61 Å². The van der Waals surface area contributed by atoms with Gasteiger partial charge in [0.1, 0.15) is 0 Å². The maximum atomic E-state index is 13.0. The van der Waals surface area contributed by atoms with Crippen LogP contribution in [0.4, 0.5) is 8.78 Å². The van der Waals surface area contributed by atoms with Crippen molar-refractivity contribution in [1.29, 1.82) is 0 Å². The molecule has 5 nitrogen and oxygen atoms in total. The highest BCUT2D eigenvalue weighted by molar-refractivity contribution is 6.07. The number of rotatable bonds is 7. The lowest BCUT2D eigenvalue weighted by Crippen LogP contribution is -2.24. The van der Waals surface area contributed by atoms with Crippen LogP contribution in [0, 0.1) is 6.92 Å². The molecular formula is C22H22F2N2O3. The monoisotopic (exact) mass is 400 g/mol. The van der Waals surface area contributed by atoms with Crippen molar-refractivity contribution in [3.8, 4) is 11.5 Å². The van der Waals surface area contributed by atoms with Gasteiger partial charge in [-0.3, -0.25) is 9.78 Å². The first-order chi connectivity index (χ1) is 13.9. The summed E-state index contributed by atoms with van der Waals surface area (Å²) in [5, 5.41) is 3.69. The standard InChI is InChI=1S/C22H22F2N2O3/c1-4-16-13(2)20(15-7-5-6-8-17(15)26-16)21(27)25-12-14-9-10-18(29-22(23)24)19(11-14)28-3/h5-11,22H,4,12H2,1-3H3,(H,25,27). The first-order valence-electron chi connectivity index (χ1n) is 9.22. The normalized spacial score (nSPS) is 11.0. The van der Waals surface area contributed by atoms with E-state index in [9.17, 15) is 13.6 Å². The highest BCUT2D eigenvalue weighted by atomic mass is 19.3. The Balaban J connectivity index is 1.85. The number of aryl methyl sites for hydroxylation is 1. The molecular weight excluding hydrogens is 378 g/mol. The molecule has 152 valence electrons. The Bertz CT molecular complexity index is 1040. The van der Waals surface area contributed by atoms with Crippen molar-refractivity contribution in [2.45, 2.75) is 33.4 Å². The molecule has 0 aliphatic carbocycles. The minimum absolute atomic E-state index is 0.0545. The van der Waals surface area contributed by atoms with E-state index in [1.165, 1.54) is 13.2 Å². The maximum absolute atomic E-state index is 13.0. The van der Waals surface area contributed by atoms with Crippen molar-refractivity contribution in [2.24, 2.45) is 0 Å². The quantitative estimate of drug-likeness (QED) is 0.627. The lowest BCUT2D eigenvalue weighted by molar-refractivity contribution is -0.0512. The first-order valence-corrected chi connectivity index (χ1v) is 9.22. The van der Waals surface area contributed by atoms with Crippen LogP contribution in [0.2, 0.25) is 0 Å². The van der Waals surface area contributed by atoms with Gasteiger partial charge in [-0.1, -0.05) is 31.2 Å². The van der Waals surface area contributed by atoms with Crippen LogP contribution >= 0.6 is 0 Å². The second-order valence-electron chi connectivity index (χ2n) is 6.48. The highest BCUT2D eigenvalue weighted by Gasteiger charge is 2.17. The molecule has 0 fully saturated rings. The van der Waals surface area contributed by atoms with Gasteiger partial charge in [0.2, 0.25) is 0 Å². The molecule has 1 heterocycles. The van der Waals surface area contributed by atoms with E-state index in [-0.39, 0.29) is 24.0 Å². The van der Waals surface area contributed by atoms with Crippen LogP contribution in [0.25, 0.3) is 10.9 Å². The smallest absolute Gasteiger partial charge is 0.387 e. The molecule has 0 aliphatic rings. The molecule has 3 aromatic rings. The number of fused-ring (bicyclic) bond motifs is 1. The van der Waals surface area contributed by atoms with Crippen molar-refractivity contribution in [2.75, 3.05) is 7.11 Å². The van der Waals surface area contributed by atoms with E-state index in [1.807, 2.05) is 38.1 Å². The minimum atomic E-state index is -2.94. The number of carbonyl (C=O) groups is 1. The molecule has 0 spiro atoms. The molecule has 3 rings (SSSR count). The summed E-state index contributed by atoms with van der Waals surface area (Å²) in [5.74, 6) is -0.0975. The summed E-state index contributed by atoms with van der Waals surface area (Å²) < 4.78 is 34.5. The number of carbonyl (C=O) groups excluding carboxylic acids is 1. The number of para-hydroxylation sites is 1. The fraction of sp³-hybridized carbons (Fsp3) is 0.273. The van der Waals surface area contributed by atoms with Gasteiger partial charge in [0.05, 0.1) is 18.2 Å². The Kier molecular flexibility index (Phi) is 6.26. The van der Waals surface area contributed by atoms with Crippen molar-refractivity contribution in [3.63, 3.8) is 0 Å². The van der Waals surface area contributed by atoms with Gasteiger partial charge in [0.25, 0.3) is 5.91 Å². The molecule has 2 aromatic carbocycles. The molecule has 0 radical (unpaired) electrons. The molecule has 1 amide bonds. The van der Waals surface area contributed by atoms with Crippen LogP contribution in [-0.4, -0.2) is 24.6 Å². The number of hydrogen-bond acceptors (Lipinski definition) is 4. The van der Waals surface area contributed by atoms with Crippen LogP contribution in [0.15, 0.2) is 42.5 Å². The van der Waals surface area contributed by atoms with Gasteiger partial charge in [0, 0.05) is 17.6 Å². The average Bonchev–Trinajstić information content (AvgIpc) is 2.71. The van der Waals surface area contributed by atoms with Crippen LogP contribution in [0.1, 0.15) is 34.1 Å². The molecule has 0 saturated heterocycles. The number of nitrogens with one attached hydrogen (secondary N) is 1. The zero-order chi connectivity index (χ0) is 21.0. The lowest BCUT2D eigenvalue weighted by atomic mass is 9.99. The van der Waals surface area contributed by atoms with E-state index in [1.54, 1.807) is 12.1 Å². The molecule has 0 unspecified atom stereocenters. The van der Waals surface area contributed by atoms with E-state index >= 15 is 0 Å². The molecule has 0 bridgehead atoms. The number of amides is 1. The Morgan fingerprint density at radius 2 is 1.93 bits per heavy atom. The minimum Gasteiger partial charge on any atom is -0.493 e. The van der Waals surface area contributed by atoms with Gasteiger partial charge in [-0.2, -0.15) is 8.78 Å². The second-order valence-corrected chi connectivity index (χ2v) is 6.48. The van der Waals surface area contributed by atoms with E-state index in [2.05, 4.69) is 15.0 Å². The zero-order valence-corrected chi connectivity index (χ0v) is 16.5. The largest absolute Gasteiger partial charge is 0.493 e. The first kappa shape index (κ1) is 20.5. The van der Waals surface area contributed by atoms with E-state index in [4.69, 9.17) is 4.74 Å². The van der Waals surface area contributed by atoms with Crippen molar-refractivity contribution in [1.82, 2.24) is 10.3 Å². The summed E-state index contributed by atoms with van der Waals surface area (Å²) >= 11 is 0. The van der Waals surface area contributed by atoms with Crippen LogP contribution in [0.3, 0.4) is 0 Å². The molecule has 0 aliphatic heterocycles. The Morgan fingerprint density at radius 3 is 2.62 bits per heavy atom. The van der Waals surface area contributed by atoms with Gasteiger partial charge in [-0.15, -0.1) is 0 Å². The summed E-state index contributed by atoms with van der Waals surface area (Å²) in [6.07, 6.45) is 0.722. The van der Waals surface area contributed by atoms with Crippen LogP contribution < -0.4 is 14.8 Å². The van der Waals surface area contributed by atoms with Gasteiger partial charge in [-0.25, -0.2) is 0 Å². The van der Waals surface area contributed by atoms with Crippen molar-refractivity contribution < 1.29 is 23.0 Å². The van der Waals surface area contributed by atoms with Gasteiger partial charge in [-0.05, 0) is 42.7 Å². The van der Waals surface area contributed by atoms with E-state index in [0.29, 0.717) is 11.1 Å². The Hall–Kier alpha value is -3.22.